The highest BCUT2D eigenvalue weighted by molar-refractivity contribution is 7.10. The summed E-state index contributed by atoms with van der Waals surface area (Å²) in [4.78, 5) is 14.9. The zero-order valence-electron chi connectivity index (χ0n) is 11.6. The molecule has 1 amide bonds. The van der Waals surface area contributed by atoms with Gasteiger partial charge in [-0.3, -0.25) is 4.79 Å². The number of benzene rings is 1. The van der Waals surface area contributed by atoms with Crippen molar-refractivity contribution in [3.8, 4) is 11.8 Å². The minimum Gasteiger partial charge on any atom is -0.337 e. The fraction of sp³-hybridized carbons (Fsp3) is 0.188. The molecule has 2 N–H and O–H groups in total. The lowest BCUT2D eigenvalue weighted by molar-refractivity contribution is 0.0785. The molecule has 0 radical (unpaired) electrons. The van der Waals surface area contributed by atoms with Crippen LogP contribution < -0.4 is 5.73 Å². The third-order valence-corrected chi connectivity index (χ3v) is 3.97. The maximum Gasteiger partial charge on any atom is 0.253 e. The maximum atomic E-state index is 12.3. The van der Waals surface area contributed by atoms with Crippen LogP contribution in [0.3, 0.4) is 0 Å². The topological polar surface area (TPSA) is 46.3 Å². The first-order chi connectivity index (χ1) is 10.1. The van der Waals surface area contributed by atoms with Gasteiger partial charge in [-0.15, -0.1) is 11.3 Å². The second-order valence-electron chi connectivity index (χ2n) is 4.49. The number of carbonyl (C=O) groups excluding carboxylic acids is 1. The molecule has 1 aromatic carbocycles. The van der Waals surface area contributed by atoms with Gasteiger partial charge in [0.2, 0.25) is 0 Å². The summed E-state index contributed by atoms with van der Waals surface area (Å²) in [5, 5.41) is 2.63. The van der Waals surface area contributed by atoms with Crippen LogP contribution in [0.2, 0.25) is 5.02 Å². The molecule has 1 aromatic heterocycles. The molecule has 0 fully saturated rings. The molecule has 2 rings (SSSR count). The van der Waals surface area contributed by atoms with E-state index >= 15 is 0 Å². The molecule has 0 saturated heterocycles. The zero-order valence-corrected chi connectivity index (χ0v) is 13.2. The highest BCUT2D eigenvalue weighted by Gasteiger charge is 2.12. The van der Waals surface area contributed by atoms with E-state index in [1.165, 1.54) is 0 Å². The average Bonchev–Trinajstić information content (AvgIpc) is 2.92. The maximum absolute atomic E-state index is 12.3. The van der Waals surface area contributed by atoms with Crippen molar-refractivity contribution in [2.24, 2.45) is 5.73 Å². The van der Waals surface area contributed by atoms with Gasteiger partial charge in [-0.1, -0.05) is 23.4 Å². The lowest BCUT2D eigenvalue weighted by Gasteiger charge is -2.16. The number of hydrogen-bond acceptors (Lipinski definition) is 3. The Morgan fingerprint density at radius 2 is 2.10 bits per heavy atom. The van der Waals surface area contributed by atoms with Gasteiger partial charge < -0.3 is 10.6 Å². The van der Waals surface area contributed by atoms with Crippen LogP contribution in [0.15, 0.2) is 35.7 Å². The number of amides is 1. The normalized spacial score (nSPS) is 9.86. The third kappa shape index (κ3) is 4.33. The van der Waals surface area contributed by atoms with Crippen LogP contribution >= 0.6 is 22.9 Å². The predicted octanol–water partition coefficient (Wildman–Crippen LogP) is 2.98. The van der Waals surface area contributed by atoms with Crippen molar-refractivity contribution < 1.29 is 4.79 Å². The molecule has 108 valence electrons. The van der Waals surface area contributed by atoms with Gasteiger partial charge in [-0.25, -0.2) is 0 Å². The molecule has 0 atom stereocenters. The molecular weight excluding hydrogens is 304 g/mol. The Morgan fingerprint density at radius 1 is 1.38 bits per heavy atom. The molecule has 0 spiro atoms. The van der Waals surface area contributed by atoms with Crippen LogP contribution in [0, 0.1) is 11.8 Å². The summed E-state index contributed by atoms with van der Waals surface area (Å²) in [7, 11) is 1.78. The van der Waals surface area contributed by atoms with Crippen molar-refractivity contribution in [1.82, 2.24) is 4.90 Å². The molecule has 1 heterocycles. The molecule has 3 nitrogen and oxygen atoms in total. The summed E-state index contributed by atoms with van der Waals surface area (Å²) < 4.78 is 0. The Bertz CT molecular complexity index is 682. The van der Waals surface area contributed by atoms with E-state index in [1.807, 2.05) is 11.4 Å². The van der Waals surface area contributed by atoms with E-state index in [0.717, 1.165) is 10.4 Å². The van der Waals surface area contributed by atoms with Gasteiger partial charge in [-0.2, -0.15) is 0 Å². The third-order valence-electron chi connectivity index (χ3n) is 2.83. The quantitative estimate of drug-likeness (QED) is 0.884. The second kappa shape index (κ2) is 7.28. The summed E-state index contributed by atoms with van der Waals surface area (Å²) in [6.07, 6.45) is 0. The van der Waals surface area contributed by atoms with E-state index in [-0.39, 0.29) is 5.91 Å². The molecule has 2 aromatic rings. The van der Waals surface area contributed by atoms with E-state index < -0.39 is 0 Å². The molecular formula is C16H15ClN2OS. The predicted molar refractivity (Wildman–Crippen MR) is 87.5 cm³/mol. The molecule has 0 unspecified atom stereocenters. The van der Waals surface area contributed by atoms with Gasteiger partial charge in [0.25, 0.3) is 5.91 Å². The van der Waals surface area contributed by atoms with Gasteiger partial charge >= 0.3 is 0 Å². The number of rotatable bonds is 3. The van der Waals surface area contributed by atoms with Crippen LogP contribution in [-0.2, 0) is 6.54 Å². The van der Waals surface area contributed by atoms with Crippen molar-refractivity contribution in [2.75, 3.05) is 13.6 Å². The Kier molecular flexibility index (Phi) is 5.40. The minimum absolute atomic E-state index is 0.0348. The van der Waals surface area contributed by atoms with Crippen LogP contribution in [0.5, 0.6) is 0 Å². The lowest BCUT2D eigenvalue weighted by Crippen LogP contribution is -2.25. The van der Waals surface area contributed by atoms with Crippen LogP contribution in [-0.4, -0.2) is 24.4 Å². The summed E-state index contributed by atoms with van der Waals surface area (Å²) in [6, 6.07) is 8.88. The summed E-state index contributed by atoms with van der Waals surface area (Å²) in [5.74, 6) is 5.78. The standard InChI is InChI=1S/C16H15ClN2OS/c1-19(16(20)13-4-6-14(17)7-5-13)10-12-9-15(21-11-12)3-2-8-18/h4-7,9,11H,8,10,18H2,1H3. The Labute approximate surface area is 133 Å². The smallest absolute Gasteiger partial charge is 0.253 e. The molecule has 0 aliphatic rings. The Hall–Kier alpha value is -1.80. The number of hydrogen-bond donors (Lipinski definition) is 1. The SMILES string of the molecule is CN(Cc1csc(C#CCN)c1)C(=O)c1ccc(Cl)cc1. The average molecular weight is 319 g/mol. The van der Waals surface area contributed by atoms with Gasteiger partial charge in [0.1, 0.15) is 0 Å². The van der Waals surface area contributed by atoms with Crippen molar-refractivity contribution in [3.63, 3.8) is 0 Å². The van der Waals surface area contributed by atoms with E-state index in [2.05, 4.69) is 11.8 Å². The van der Waals surface area contributed by atoms with E-state index in [9.17, 15) is 4.79 Å². The summed E-state index contributed by atoms with van der Waals surface area (Å²) in [6.45, 7) is 0.893. The van der Waals surface area contributed by atoms with Gasteiger partial charge in [0, 0.05) is 24.2 Å². The van der Waals surface area contributed by atoms with Crippen LogP contribution in [0.25, 0.3) is 0 Å². The Balaban J connectivity index is 2.03. The molecule has 0 aliphatic heterocycles. The highest BCUT2D eigenvalue weighted by Crippen LogP contribution is 2.17. The van der Waals surface area contributed by atoms with Gasteiger partial charge in [-0.05, 0) is 41.3 Å². The Morgan fingerprint density at radius 3 is 2.76 bits per heavy atom. The van der Waals surface area contributed by atoms with E-state index in [0.29, 0.717) is 23.7 Å². The second-order valence-corrected chi connectivity index (χ2v) is 5.84. The number of thiophene rings is 1. The van der Waals surface area contributed by atoms with Gasteiger partial charge in [0.05, 0.1) is 11.4 Å². The molecule has 0 aliphatic carbocycles. The monoisotopic (exact) mass is 318 g/mol. The number of nitrogens with two attached hydrogens (primary N) is 1. The molecule has 0 bridgehead atoms. The molecule has 21 heavy (non-hydrogen) atoms. The fourth-order valence-corrected chi connectivity index (χ4v) is 2.72. The minimum atomic E-state index is -0.0348. The summed E-state index contributed by atoms with van der Waals surface area (Å²) >= 11 is 7.38. The van der Waals surface area contributed by atoms with Gasteiger partial charge in [0.15, 0.2) is 0 Å². The van der Waals surface area contributed by atoms with Crippen LogP contribution in [0.4, 0.5) is 0 Å². The van der Waals surface area contributed by atoms with Crippen molar-refractivity contribution >= 4 is 28.8 Å². The zero-order chi connectivity index (χ0) is 15.2. The molecule has 5 heteroatoms. The van der Waals surface area contributed by atoms with Crippen molar-refractivity contribution in [3.05, 3.63) is 56.7 Å². The molecule has 0 saturated carbocycles. The summed E-state index contributed by atoms with van der Waals surface area (Å²) in [5.41, 5.74) is 7.03. The largest absolute Gasteiger partial charge is 0.337 e. The highest BCUT2D eigenvalue weighted by atomic mass is 35.5. The van der Waals surface area contributed by atoms with E-state index in [1.54, 1.807) is 47.5 Å². The van der Waals surface area contributed by atoms with Crippen molar-refractivity contribution in [1.29, 1.82) is 0 Å². The van der Waals surface area contributed by atoms with Crippen molar-refractivity contribution in [2.45, 2.75) is 6.54 Å². The number of halogens is 1. The first-order valence-electron chi connectivity index (χ1n) is 6.37. The number of nitrogens with zero attached hydrogens (tertiary/aromatic N) is 1. The van der Waals surface area contributed by atoms with Crippen LogP contribution in [0.1, 0.15) is 20.8 Å². The van der Waals surface area contributed by atoms with E-state index in [4.69, 9.17) is 17.3 Å². The fourth-order valence-electron chi connectivity index (χ4n) is 1.82. The lowest BCUT2D eigenvalue weighted by atomic mass is 10.2. The number of carbonyl (C=O) groups is 1. The first-order valence-corrected chi connectivity index (χ1v) is 7.63. The first kappa shape index (κ1) is 15.6.